The Hall–Kier alpha value is -3.99. The molecule has 0 radical (unpaired) electrons. The van der Waals surface area contributed by atoms with Crippen molar-refractivity contribution in [2.75, 3.05) is 13.2 Å². The molecule has 3 aromatic carbocycles. The molecule has 0 aliphatic rings. The number of nitrogens with zero attached hydrogens (tertiary/aromatic N) is 1. The van der Waals surface area contributed by atoms with E-state index in [2.05, 4.69) is 10.3 Å². The van der Waals surface area contributed by atoms with Crippen molar-refractivity contribution in [3.63, 3.8) is 0 Å². The lowest BCUT2D eigenvalue weighted by Crippen LogP contribution is -2.27. The Morgan fingerprint density at radius 2 is 1.55 bits per heavy atom. The van der Waals surface area contributed by atoms with E-state index in [9.17, 15) is 9.59 Å². The van der Waals surface area contributed by atoms with Gasteiger partial charge in [-0.3, -0.25) is 14.6 Å². The molecule has 0 aliphatic carbocycles. The fourth-order valence-corrected chi connectivity index (χ4v) is 3.37. The Labute approximate surface area is 180 Å². The summed E-state index contributed by atoms with van der Waals surface area (Å²) in [5.41, 5.74) is 2.14. The molecule has 1 amide bonds. The normalized spacial score (nSPS) is 10.6. The van der Waals surface area contributed by atoms with Crippen LogP contribution in [-0.4, -0.2) is 29.8 Å². The minimum absolute atomic E-state index is 0.168. The van der Waals surface area contributed by atoms with Crippen molar-refractivity contribution < 1.29 is 14.3 Å². The molecule has 1 aromatic heterocycles. The van der Waals surface area contributed by atoms with Gasteiger partial charge in [0, 0.05) is 29.3 Å². The number of para-hydroxylation sites is 1. The van der Waals surface area contributed by atoms with E-state index in [-0.39, 0.29) is 11.7 Å². The van der Waals surface area contributed by atoms with Gasteiger partial charge in [-0.25, -0.2) is 0 Å². The summed E-state index contributed by atoms with van der Waals surface area (Å²) in [6.07, 6.45) is 2.37. The first-order valence-electron chi connectivity index (χ1n) is 10.2. The van der Waals surface area contributed by atoms with Gasteiger partial charge in [0.2, 0.25) is 0 Å². The highest BCUT2D eigenvalue weighted by atomic mass is 16.5. The Morgan fingerprint density at radius 3 is 2.39 bits per heavy atom. The van der Waals surface area contributed by atoms with Gasteiger partial charge < -0.3 is 10.1 Å². The maximum absolute atomic E-state index is 12.8. The maximum Gasteiger partial charge on any atom is 0.252 e. The van der Waals surface area contributed by atoms with Gasteiger partial charge in [0.05, 0.1) is 12.2 Å². The Kier molecular flexibility index (Phi) is 6.33. The van der Waals surface area contributed by atoms with E-state index in [4.69, 9.17) is 4.74 Å². The summed E-state index contributed by atoms with van der Waals surface area (Å²) >= 11 is 0. The van der Waals surface area contributed by atoms with E-state index in [1.54, 1.807) is 54.7 Å². The van der Waals surface area contributed by atoms with E-state index < -0.39 is 0 Å². The number of amides is 1. The lowest BCUT2D eigenvalue weighted by Gasteiger charge is -2.11. The quantitative estimate of drug-likeness (QED) is 0.339. The van der Waals surface area contributed by atoms with Crippen LogP contribution in [0.4, 0.5) is 0 Å². The molecular formula is C26H22N2O3. The molecule has 5 heteroatoms. The standard InChI is InChI=1S/C26H22N2O3/c29-25(20-9-2-1-3-10-20)21-13-4-5-14-22(21)26(30)28-17-8-18-31-23-15-6-11-19-12-7-16-27-24(19)23/h1-7,9-16H,8,17-18H2,(H,28,30). The number of nitrogens with one attached hydrogen (secondary N) is 1. The lowest BCUT2D eigenvalue weighted by molar-refractivity contribution is 0.0940. The topological polar surface area (TPSA) is 68.3 Å². The molecule has 0 bridgehead atoms. The number of benzene rings is 3. The Balaban J connectivity index is 1.34. The van der Waals surface area contributed by atoms with Crippen molar-refractivity contribution in [2.24, 2.45) is 0 Å². The van der Waals surface area contributed by atoms with Crippen LogP contribution in [-0.2, 0) is 0 Å². The molecule has 0 atom stereocenters. The zero-order valence-electron chi connectivity index (χ0n) is 17.0. The number of hydrogen-bond donors (Lipinski definition) is 1. The first-order valence-corrected chi connectivity index (χ1v) is 10.2. The van der Waals surface area contributed by atoms with Crippen molar-refractivity contribution in [3.05, 3.63) is 108 Å². The zero-order chi connectivity index (χ0) is 21.5. The Bertz CT molecular complexity index is 1200. The third-order valence-electron chi connectivity index (χ3n) is 4.91. The van der Waals surface area contributed by atoms with E-state index in [1.165, 1.54) is 0 Å². The van der Waals surface area contributed by atoms with E-state index in [0.29, 0.717) is 36.3 Å². The van der Waals surface area contributed by atoms with Crippen LogP contribution in [0, 0.1) is 0 Å². The fraction of sp³-hybridized carbons (Fsp3) is 0.115. The monoisotopic (exact) mass is 410 g/mol. The summed E-state index contributed by atoms with van der Waals surface area (Å²) in [7, 11) is 0. The molecule has 0 aliphatic heterocycles. The van der Waals surface area contributed by atoms with E-state index >= 15 is 0 Å². The van der Waals surface area contributed by atoms with Gasteiger partial charge in [0.15, 0.2) is 5.78 Å². The SMILES string of the molecule is O=C(NCCCOc1cccc2cccnc12)c1ccccc1C(=O)c1ccccc1. The van der Waals surface area contributed by atoms with Crippen LogP contribution in [0.15, 0.2) is 91.1 Å². The Morgan fingerprint density at radius 1 is 0.806 bits per heavy atom. The number of carbonyl (C=O) groups is 2. The predicted octanol–water partition coefficient (Wildman–Crippen LogP) is 4.66. The second-order valence-electron chi connectivity index (χ2n) is 7.03. The van der Waals surface area contributed by atoms with Gasteiger partial charge in [0.1, 0.15) is 11.3 Å². The van der Waals surface area contributed by atoms with Crippen molar-refractivity contribution in [1.82, 2.24) is 10.3 Å². The van der Waals surface area contributed by atoms with Crippen LogP contribution in [0.1, 0.15) is 32.7 Å². The average Bonchev–Trinajstić information content (AvgIpc) is 2.84. The van der Waals surface area contributed by atoms with Crippen LogP contribution in [0.2, 0.25) is 0 Å². The van der Waals surface area contributed by atoms with E-state index in [0.717, 1.165) is 16.7 Å². The van der Waals surface area contributed by atoms with Crippen LogP contribution >= 0.6 is 0 Å². The second-order valence-corrected chi connectivity index (χ2v) is 7.03. The highest BCUT2D eigenvalue weighted by Gasteiger charge is 2.17. The number of rotatable bonds is 8. The van der Waals surface area contributed by atoms with Gasteiger partial charge >= 0.3 is 0 Å². The summed E-state index contributed by atoms with van der Waals surface area (Å²) in [5.74, 6) is 0.285. The van der Waals surface area contributed by atoms with Crippen LogP contribution in [0.25, 0.3) is 10.9 Å². The highest BCUT2D eigenvalue weighted by molar-refractivity contribution is 6.15. The molecule has 1 N–H and O–H groups in total. The van der Waals surface area contributed by atoms with Crippen LogP contribution < -0.4 is 10.1 Å². The molecule has 5 nitrogen and oxygen atoms in total. The molecule has 0 spiro atoms. The average molecular weight is 410 g/mol. The summed E-state index contributed by atoms with van der Waals surface area (Å²) in [4.78, 5) is 29.9. The number of pyridine rings is 1. The predicted molar refractivity (Wildman–Crippen MR) is 121 cm³/mol. The molecule has 4 aromatic rings. The molecule has 31 heavy (non-hydrogen) atoms. The smallest absolute Gasteiger partial charge is 0.252 e. The van der Waals surface area contributed by atoms with Gasteiger partial charge in [-0.15, -0.1) is 0 Å². The van der Waals surface area contributed by atoms with Gasteiger partial charge in [-0.2, -0.15) is 0 Å². The fourth-order valence-electron chi connectivity index (χ4n) is 3.37. The van der Waals surface area contributed by atoms with Crippen LogP contribution in [0.5, 0.6) is 5.75 Å². The molecular weight excluding hydrogens is 388 g/mol. The summed E-state index contributed by atoms with van der Waals surface area (Å²) in [6, 6.07) is 25.5. The number of fused-ring (bicyclic) bond motifs is 1. The highest BCUT2D eigenvalue weighted by Crippen LogP contribution is 2.23. The van der Waals surface area contributed by atoms with E-state index in [1.807, 2.05) is 36.4 Å². The number of carbonyl (C=O) groups excluding carboxylic acids is 2. The number of ketones is 1. The third-order valence-corrected chi connectivity index (χ3v) is 4.91. The summed E-state index contributed by atoms with van der Waals surface area (Å²) in [5, 5.41) is 3.90. The number of ether oxygens (including phenoxy) is 1. The van der Waals surface area contributed by atoms with Gasteiger partial charge in [0.25, 0.3) is 5.91 Å². The third kappa shape index (κ3) is 4.78. The van der Waals surface area contributed by atoms with Crippen molar-refractivity contribution in [1.29, 1.82) is 0 Å². The first kappa shape index (κ1) is 20.3. The number of aromatic nitrogens is 1. The minimum atomic E-state index is -0.272. The largest absolute Gasteiger partial charge is 0.491 e. The first-order chi connectivity index (χ1) is 15.2. The summed E-state index contributed by atoms with van der Waals surface area (Å²) in [6.45, 7) is 0.880. The lowest BCUT2D eigenvalue weighted by atomic mass is 9.98. The maximum atomic E-state index is 12.8. The molecule has 0 saturated heterocycles. The van der Waals surface area contributed by atoms with Crippen molar-refractivity contribution in [3.8, 4) is 5.75 Å². The molecule has 1 heterocycles. The second kappa shape index (κ2) is 9.67. The van der Waals surface area contributed by atoms with Crippen LogP contribution in [0.3, 0.4) is 0 Å². The molecule has 0 saturated carbocycles. The van der Waals surface area contributed by atoms with Gasteiger partial charge in [-0.1, -0.05) is 66.7 Å². The minimum Gasteiger partial charge on any atom is -0.491 e. The number of hydrogen-bond acceptors (Lipinski definition) is 4. The molecule has 4 rings (SSSR count). The summed E-state index contributed by atoms with van der Waals surface area (Å²) < 4.78 is 5.86. The zero-order valence-corrected chi connectivity index (χ0v) is 17.0. The molecule has 0 fully saturated rings. The van der Waals surface area contributed by atoms with Crippen molar-refractivity contribution in [2.45, 2.75) is 6.42 Å². The molecule has 154 valence electrons. The van der Waals surface area contributed by atoms with Crippen molar-refractivity contribution >= 4 is 22.6 Å². The van der Waals surface area contributed by atoms with Gasteiger partial charge in [-0.05, 0) is 24.6 Å². The molecule has 0 unspecified atom stereocenters.